The Morgan fingerprint density at radius 1 is 1.14 bits per heavy atom. The van der Waals surface area contributed by atoms with Crippen LogP contribution < -0.4 is 14.8 Å². The van der Waals surface area contributed by atoms with Crippen LogP contribution in [0.15, 0.2) is 47.4 Å². The largest absolute Gasteiger partial charge is 0.497 e. The third-order valence-electron chi connectivity index (χ3n) is 4.31. The van der Waals surface area contributed by atoms with Crippen molar-refractivity contribution < 1.29 is 22.7 Å². The molecule has 1 N–H and O–H groups in total. The molecule has 0 saturated carbocycles. The lowest BCUT2D eigenvalue weighted by Gasteiger charge is -2.18. The molecule has 2 rings (SSSR count). The van der Waals surface area contributed by atoms with Gasteiger partial charge in [0.1, 0.15) is 11.5 Å². The number of benzene rings is 2. The van der Waals surface area contributed by atoms with Crippen molar-refractivity contribution >= 4 is 21.6 Å². The first kappa shape index (κ1) is 22.7. The van der Waals surface area contributed by atoms with Crippen molar-refractivity contribution in [2.45, 2.75) is 31.6 Å². The van der Waals surface area contributed by atoms with E-state index < -0.39 is 15.9 Å². The molecule has 0 unspecified atom stereocenters. The Morgan fingerprint density at radius 3 is 2.45 bits per heavy atom. The number of hydrogen-bond donors (Lipinski definition) is 1. The highest BCUT2D eigenvalue weighted by Crippen LogP contribution is 2.29. The van der Waals surface area contributed by atoms with E-state index in [2.05, 4.69) is 12.2 Å². The quantitative estimate of drug-likeness (QED) is 0.595. The van der Waals surface area contributed by atoms with Crippen LogP contribution in [0.1, 0.15) is 25.3 Å². The zero-order valence-electron chi connectivity index (χ0n) is 17.3. The van der Waals surface area contributed by atoms with E-state index >= 15 is 0 Å². The van der Waals surface area contributed by atoms with E-state index in [9.17, 15) is 13.2 Å². The third kappa shape index (κ3) is 6.20. The predicted molar refractivity (Wildman–Crippen MR) is 113 cm³/mol. The van der Waals surface area contributed by atoms with Crippen molar-refractivity contribution in [3.05, 3.63) is 48.0 Å². The Morgan fingerprint density at radius 2 is 1.83 bits per heavy atom. The first-order valence-corrected chi connectivity index (χ1v) is 10.9. The van der Waals surface area contributed by atoms with Crippen molar-refractivity contribution in [2.24, 2.45) is 0 Å². The van der Waals surface area contributed by atoms with Crippen molar-refractivity contribution in [1.82, 2.24) is 4.31 Å². The number of methoxy groups -OCH3 is 1. The van der Waals surface area contributed by atoms with Gasteiger partial charge in [0.05, 0.1) is 30.8 Å². The highest BCUT2D eigenvalue weighted by molar-refractivity contribution is 7.89. The smallest absolute Gasteiger partial charge is 0.243 e. The van der Waals surface area contributed by atoms with Gasteiger partial charge in [-0.1, -0.05) is 31.0 Å². The van der Waals surface area contributed by atoms with Gasteiger partial charge >= 0.3 is 0 Å². The number of aryl methyl sites for hydroxylation is 1. The molecule has 7 nitrogen and oxygen atoms in total. The van der Waals surface area contributed by atoms with E-state index in [4.69, 9.17) is 9.47 Å². The molecule has 2 aromatic carbocycles. The summed E-state index contributed by atoms with van der Waals surface area (Å²) in [7, 11) is -0.865. The van der Waals surface area contributed by atoms with Crippen LogP contribution in [-0.4, -0.2) is 45.9 Å². The summed E-state index contributed by atoms with van der Waals surface area (Å²) >= 11 is 0. The van der Waals surface area contributed by atoms with Gasteiger partial charge in [0, 0.05) is 13.1 Å². The second-order valence-electron chi connectivity index (χ2n) is 6.69. The summed E-state index contributed by atoms with van der Waals surface area (Å²) in [4.78, 5) is 12.7. The van der Waals surface area contributed by atoms with Crippen LogP contribution in [0, 0.1) is 6.92 Å². The van der Waals surface area contributed by atoms with E-state index in [0.29, 0.717) is 23.8 Å². The maximum atomic E-state index is 12.7. The summed E-state index contributed by atoms with van der Waals surface area (Å²) in [6.07, 6.45) is 1.87. The molecule has 0 atom stereocenters. The van der Waals surface area contributed by atoms with Crippen molar-refractivity contribution in [3.63, 3.8) is 0 Å². The number of hydrogen-bond acceptors (Lipinski definition) is 5. The molecule has 1 amide bonds. The van der Waals surface area contributed by atoms with Gasteiger partial charge < -0.3 is 14.8 Å². The van der Waals surface area contributed by atoms with Crippen LogP contribution in [-0.2, 0) is 14.8 Å². The molecule has 0 aliphatic rings. The molecule has 0 aliphatic heterocycles. The van der Waals surface area contributed by atoms with E-state index in [0.717, 1.165) is 22.7 Å². The highest BCUT2D eigenvalue weighted by Gasteiger charge is 2.23. The minimum atomic E-state index is -3.77. The summed E-state index contributed by atoms with van der Waals surface area (Å²) in [6.45, 7) is 4.13. The Hall–Kier alpha value is -2.58. The SMILES string of the molecule is CCCCOc1ccc(OC)cc1NC(=O)CN(C)S(=O)(=O)c1ccc(C)cc1. The molecule has 0 radical (unpaired) electrons. The van der Waals surface area contributed by atoms with E-state index in [1.807, 2.05) is 6.92 Å². The molecular weight excluding hydrogens is 392 g/mol. The third-order valence-corrected chi connectivity index (χ3v) is 6.13. The molecule has 0 aromatic heterocycles. The number of unbranched alkanes of at least 4 members (excludes halogenated alkanes) is 1. The Labute approximate surface area is 172 Å². The molecule has 0 heterocycles. The first-order valence-electron chi connectivity index (χ1n) is 9.41. The lowest BCUT2D eigenvalue weighted by atomic mass is 10.2. The minimum Gasteiger partial charge on any atom is -0.497 e. The zero-order valence-corrected chi connectivity index (χ0v) is 18.1. The molecule has 158 valence electrons. The number of nitrogens with one attached hydrogen (secondary N) is 1. The van der Waals surface area contributed by atoms with Gasteiger partial charge in [-0.15, -0.1) is 0 Å². The lowest BCUT2D eigenvalue weighted by Crippen LogP contribution is -2.35. The molecule has 29 heavy (non-hydrogen) atoms. The van der Waals surface area contributed by atoms with Gasteiger partial charge in [0.25, 0.3) is 0 Å². The molecule has 0 fully saturated rings. The van der Waals surface area contributed by atoms with Crippen molar-refractivity contribution in [1.29, 1.82) is 0 Å². The van der Waals surface area contributed by atoms with Crippen molar-refractivity contribution in [3.8, 4) is 11.5 Å². The monoisotopic (exact) mass is 420 g/mol. The lowest BCUT2D eigenvalue weighted by molar-refractivity contribution is -0.116. The summed E-state index contributed by atoms with van der Waals surface area (Å²) in [5.74, 6) is 0.595. The first-order chi connectivity index (χ1) is 13.8. The van der Waals surface area contributed by atoms with E-state index in [1.165, 1.54) is 26.3 Å². The number of carbonyl (C=O) groups is 1. The van der Waals surface area contributed by atoms with Gasteiger partial charge in [-0.3, -0.25) is 4.79 Å². The molecule has 0 spiro atoms. The second-order valence-corrected chi connectivity index (χ2v) is 8.73. The van der Waals surface area contributed by atoms with Gasteiger partial charge in [-0.25, -0.2) is 8.42 Å². The Bertz CT molecular complexity index is 927. The second kappa shape index (κ2) is 10.3. The standard InChI is InChI=1S/C21H28N2O5S/c1-5-6-13-28-20-12-9-17(27-4)14-19(20)22-21(24)15-23(3)29(25,26)18-10-7-16(2)8-11-18/h7-12,14H,5-6,13,15H2,1-4H3,(H,22,24). The van der Waals surface area contributed by atoms with Gasteiger partial charge in [0.15, 0.2) is 0 Å². The highest BCUT2D eigenvalue weighted by atomic mass is 32.2. The summed E-state index contributed by atoms with van der Waals surface area (Å²) in [6, 6.07) is 11.6. The Kier molecular flexibility index (Phi) is 8.04. The average Bonchev–Trinajstić information content (AvgIpc) is 2.69. The maximum absolute atomic E-state index is 12.7. The number of sulfonamides is 1. The predicted octanol–water partition coefficient (Wildman–Crippen LogP) is 3.44. The molecule has 0 bridgehead atoms. The molecule has 0 saturated heterocycles. The fourth-order valence-corrected chi connectivity index (χ4v) is 3.68. The van der Waals surface area contributed by atoms with Crippen LogP contribution in [0.5, 0.6) is 11.5 Å². The number of carbonyl (C=O) groups excluding carboxylic acids is 1. The number of nitrogens with zero attached hydrogens (tertiary/aromatic N) is 1. The van der Waals surface area contributed by atoms with Gasteiger partial charge in [-0.05, 0) is 37.6 Å². The average molecular weight is 421 g/mol. The molecule has 0 aliphatic carbocycles. The van der Waals surface area contributed by atoms with Crippen molar-refractivity contribution in [2.75, 3.05) is 32.6 Å². The number of anilines is 1. The van der Waals surface area contributed by atoms with E-state index in [-0.39, 0.29) is 11.4 Å². The molecular formula is C21H28N2O5S. The number of ether oxygens (including phenoxy) is 2. The van der Waals surface area contributed by atoms with Crippen LogP contribution in [0.25, 0.3) is 0 Å². The summed E-state index contributed by atoms with van der Waals surface area (Å²) < 4.78 is 37.3. The number of likely N-dealkylation sites (N-methyl/N-ethyl adjacent to an activating group) is 1. The normalized spacial score (nSPS) is 11.3. The van der Waals surface area contributed by atoms with Crippen LogP contribution >= 0.6 is 0 Å². The number of amides is 1. The van der Waals surface area contributed by atoms with E-state index in [1.54, 1.807) is 30.3 Å². The fourth-order valence-electron chi connectivity index (χ4n) is 2.55. The zero-order chi connectivity index (χ0) is 21.4. The maximum Gasteiger partial charge on any atom is 0.243 e. The fraction of sp³-hybridized carbons (Fsp3) is 0.381. The Balaban J connectivity index is 2.12. The molecule has 8 heteroatoms. The minimum absolute atomic E-state index is 0.142. The summed E-state index contributed by atoms with van der Waals surface area (Å²) in [5, 5.41) is 2.73. The van der Waals surface area contributed by atoms with Gasteiger partial charge in [0.2, 0.25) is 15.9 Å². The van der Waals surface area contributed by atoms with Crippen LogP contribution in [0.3, 0.4) is 0 Å². The number of rotatable bonds is 10. The molecule has 2 aromatic rings. The van der Waals surface area contributed by atoms with Crippen LogP contribution in [0.2, 0.25) is 0 Å². The van der Waals surface area contributed by atoms with Gasteiger partial charge in [-0.2, -0.15) is 4.31 Å². The topological polar surface area (TPSA) is 84.9 Å². The summed E-state index contributed by atoms with van der Waals surface area (Å²) in [5.41, 5.74) is 1.39. The van der Waals surface area contributed by atoms with Crippen LogP contribution in [0.4, 0.5) is 5.69 Å².